The number of esters is 1. The molecule has 0 saturated carbocycles. The van der Waals surface area contributed by atoms with Crippen LogP contribution < -0.4 is 0 Å². The van der Waals surface area contributed by atoms with Gasteiger partial charge in [0.1, 0.15) is 5.56 Å². The number of allylic oxidation sites excluding steroid dienone is 2. The van der Waals surface area contributed by atoms with Gasteiger partial charge < -0.3 is 4.74 Å². The highest BCUT2D eigenvalue weighted by Crippen LogP contribution is 2.37. The average Bonchev–Trinajstić information content (AvgIpc) is 2.65. The number of carbonyl (C=O) groups is 1. The predicted molar refractivity (Wildman–Crippen MR) is 103 cm³/mol. The van der Waals surface area contributed by atoms with Gasteiger partial charge >= 0.3 is 12.1 Å². The van der Waals surface area contributed by atoms with E-state index < -0.39 is 49.8 Å². The van der Waals surface area contributed by atoms with Gasteiger partial charge in [-0.25, -0.2) is 9.18 Å². The number of rotatable bonds is 6. The summed E-state index contributed by atoms with van der Waals surface area (Å²) in [6.45, 7) is 1.52. The average molecular weight is 466 g/mol. The Kier molecular flexibility index (Phi) is 7.44. The molecule has 30 heavy (non-hydrogen) atoms. The topological polar surface area (TPSA) is 69.4 Å². The molecule has 5 nitrogen and oxygen atoms in total. The molecule has 0 fully saturated rings. The maximum Gasteiger partial charge on any atom is 0.416 e. The quantitative estimate of drug-likeness (QED) is 0.162. The molecule has 0 bridgehead atoms. The first-order valence-corrected chi connectivity index (χ1v) is 9.08. The minimum atomic E-state index is -4.83. The Morgan fingerprint density at radius 3 is 2.30 bits per heavy atom. The van der Waals surface area contributed by atoms with Crippen LogP contribution in [0.25, 0.3) is 5.57 Å². The first-order chi connectivity index (χ1) is 14.0. The smallest absolute Gasteiger partial charge is 0.416 e. The lowest BCUT2D eigenvalue weighted by molar-refractivity contribution is -0.385. The summed E-state index contributed by atoms with van der Waals surface area (Å²) in [6, 6.07) is 4.94. The van der Waals surface area contributed by atoms with Crippen molar-refractivity contribution in [2.45, 2.75) is 19.5 Å². The highest BCUT2D eigenvalue weighted by molar-refractivity contribution is 6.35. The largest absolute Gasteiger partial charge is 0.462 e. The van der Waals surface area contributed by atoms with Gasteiger partial charge in [-0.1, -0.05) is 35.3 Å². The molecule has 0 aliphatic rings. The predicted octanol–water partition coefficient (Wildman–Crippen LogP) is 6.41. The molecule has 160 valence electrons. The first-order valence-electron chi connectivity index (χ1n) is 8.32. The highest BCUT2D eigenvalue weighted by Gasteiger charge is 2.35. The summed E-state index contributed by atoms with van der Waals surface area (Å²) < 4.78 is 58.8. The van der Waals surface area contributed by atoms with E-state index in [1.54, 1.807) is 0 Å². The van der Waals surface area contributed by atoms with Crippen molar-refractivity contribution in [2.75, 3.05) is 6.61 Å². The number of nitro benzene ring substituents is 1. The number of alkyl halides is 3. The van der Waals surface area contributed by atoms with Gasteiger partial charge in [0.2, 0.25) is 0 Å². The van der Waals surface area contributed by atoms with Crippen LogP contribution in [0.15, 0.2) is 36.4 Å². The summed E-state index contributed by atoms with van der Waals surface area (Å²) in [6.07, 6.45) is -4.43. The number of benzene rings is 2. The summed E-state index contributed by atoms with van der Waals surface area (Å²) in [5.74, 6) is -1.97. The fourth-order valence-corrected chi connectivity index (χ4v) is 3.05. The summed E-state index contributed by atoms with van der Waals surface area (Å²) in [4.78, 5) is 22.2. The minimum Gasteiger partial charge on any atom is -0.462 e. The highest BCUT2D eigenvalue weighted by atomic mass is 35.5. The van der Waals surface area contributed by atoms with Crippen LogP contribution in [0.3, 0.4) is 0 Å². The third-order valence-corrected chi connectivity index (χ3v) is 4.45. The molecule has 0 saturated heterocycles. The van der Waals surface area contributed by atoms with E-state index in [-0.39, 0.29) is 24.2 Å². The zero-order valence-corrected chi connectivity index (χ0v) is 16.7. The van der Waals surface area contributed by atoms with Crippen LogP contribution >= 0.6 is 23.2 Å². The van der Waals surface area contributed by atoms with Gasteiger partial charge in [-0.15, -0.1) is 0 Å². The van der Waals surface area contributed by atoms with Crippen LogP contribution in [-0.4, -0.2) is 23.7 Å². The molecule has 0 aromatic heterocycles. The van der Waals surface area contributed by atoms with Gasteiger partial charge in [0, 0.05) is 6.07 Å². The number of hydrogen-bond donors (Lipinski definition) is 0. The third-order valence-electron chi connectivity index (χ3n) is 3.90. The Hall–Kier alpha value is -2.65. The molecule has 0 N–H and O–H groups in total. The van der Waals surface area contributed by atoms with Gasteiger partial charge in [-0.05, 0) is 42.7 Å². The van der Waals surface area contributed by atoms with Crippen molar-refractivity contribution in [1.29, 1.82) is 0 Å². The molecule has 0 aliphatic carbocycles. The van der Waals surface area contributed by atoms with Crippen LogP contribution in [0.2, 0.25) is 10.0 Å². The number of carbonyl (C=O) groups excluding carboxylic acids is 1. The SMILES string of the molecule is CCOC(=O)c1ccc(CC=C(c2cc(Cl)c(F)c(Cl)c2)C(F)(F)F)cc1[N+](=O)[O-]. The Morgan fingerprint density at radius 2 is 1.80 bits per heavy atom. The second kappa shape index (κ2) is 9.44. The number of halogens is 6. The van der Waals surface area contributed by atoms with Crippen molar-refractivity contribution in [3.63, 3.8) is 0 Å². The standard InChI is InChI=1S/C19H13Cl2F4NO4/c1-2-30-18(27)12-5-3-10(7-16(12)26(28)29)4-6-13(19(23,24)25)11-8-14(20)17(22)15(21)9-11/h3,5-9H,2,4H2,1H3. The van der Waals surface area contributed by atoms with Gasteiger partial charge in [0.25, 0.3) is 5.69 Å². The van der Waals surface area contributed by atoms with Crippen LogP contribution in [0, 0.1) is 15.9 Å². The molecule has 0 radical (unpaired) electrons. The number of nitrogens with zero attached hydrogens (tertiary/aromatic N) is 1. The molecule has 0 atom stereocenters. The molecule has 0 aliphatic heterocycles. The maximum absolute atomic E-state index is 13.5. The summed E-state index contributed by atoms with van der Waals surface area (Å²) in [7, 11) is 0. The number of ether oxygens (including phenoxy) is 1. The van der Waals surface area contributed by atoms with Gasteiger partial charge in [-0.2, -0.15) is 13.2 Å². The fraction of sp³-hybridized carbons (Fsp3) is 0.211. The fourth-order valence-electron chi connectivity index (χ4n) is 2.56. The minimum absolute atomic E-state index is 0.00178. The lowest BCUT2D eigenvalue weighted by Crippen LogP contribution is -2.12. The van der Waals surface area contributed by atoms with Crippen LogP contribution in [0.4, 0.5) is 23.2 Å². The lowest BCUT2D eigenvalue weighted by atomic mass is 10.0. The second-order valence-electron chi connectivity index (χ2n) is 5.90. The van der Waals surface area contributed by atoms with Crippen molar-refractivity contribution >= 4 is 40.4 Å². The summed E-state index contributed by atoms with van der Waals surface area (Å²) in [5, 5.41) is 10.1. The molecule has 0 spiro atoms. The molecule has 0 unspecified atom stereocenters. The molecular formula is C19H13Cl2F4NO4. The van der Waals surface area contributed by atoms with Crippen molar-refractivity contribution in [3.8, 4) is 0 Å². The van der Waals surface area contributed by atoms with Crippen molar-refractivity contribution in [2.24, 2.45) is 0 Å². The van der Waals surface area contributed by atoms with E-state index in [9.17, 15) is 32.5 Å². The van der Waals surface area contributed by atoms with Crippen LogP contribution in [0.5, 0.6) is 0 Å². The Balaban J connectivity index is 2.47. The summed E-state index contributed by atoms with van der Waals surface area (Å²) >= 11 is 11.2. The van der Waals surface area contributed by atoms with E-state index in [4.69, 9.17) is 27.9 Å². The van der Waals surface area contributed by atoms with E-state index >= 15 is 0 Å². The Bertz CT molecular complexity index is 999. The monoisotopic (exact) mass is 465 g/mol. The molecule has 0 heterocycles. The van der Waals surface area contributed by atoms with E-state index in [1.165, 1.54) is 13.0 Å². The molecule has 2 aromatic rings. The maximum atomic E-state index is 13.5. The van der Waals surface area contributed by atoms with Crippen LogP contribution in [0.1, 0.15) is 28.4 Å². The zero-order chi connectivity index (χ0) is 22.6. The third kappa shape index (κ3) is 5.48. The molecule has 2 aromatic carbocycles. The van der Waals surface area contributed by atoms with E-state index in [2.05, 4.69) is 0 Å². The van der Waals surface area contributed by atoms with Crippen LogP contribution in [-0.2, 0) is 11.2 Å². The first kappa shape index (κ1) is 23.6. The molecule has 2 rings (SSSR count). The van der Waals surface area contributed by atoms with Gasteiger partial charge in [-0.3, -0.25) is 10.1 Å². The van der Waals surface area contributed by atoms with E-state index in [0.717, 1.165) is 30.3 Å². The number of hydrogen-bond acceptors (Lipinski definition) is 4. The van der Waals surface area contributed by atoms with Crippen molar-refractivity contribution in [1.82, 2.24) is 0 Å². The van der Waals surface area contributed by atoms with E-state index in [0.29, 0.717) is 0 Å². The lowest BCUT2D eigenvalue weighted by Gasteiger charge is -2.14. The Morgan fingerprint density at radius 1 is 1.20 bits per heavy atom. The van der Waals surface area contributed by atoms with Crippen molar-refractivity contribution in [3.05, 3.63) is 79.1 Å². The van der Waals surface area contributed by atoms with Crippen molar-refractivity contribution < 1.29 is 32.0 Å². The molecule has 0 amide bonds. The second-order valence-corrected chi connectivity index (χ2v) is 6.72. The zero-order valence-electron chi connectivity index (χ0n) is 15.2. The number of nitro groups is 1. The Labute approximate surface area is 178 Å². The summed E-state index contributed by atoms with van der Waals surface area (Å²) in [5.41, 5.74) is -2.39. The van der Waals surface area contributed by atoms with Gasteiger partial charge in [0.15, 0.2) is 5.82 Å². The van der Waals surface area contributed by atoms with E-state index in [1.807, 2.05) is 0 Å². The normalized spacial score (nSPS) is 12.0. The molecule has 11 heteroatoms. The molecular weight excluding hydrogens is 453 g/mol. The van der Waals surface area contributed by atoms with Gasteiger partial charge in [0.05, 0.1) is 27.1 Å².